The number of oxime groups is 1. The minimum absolute atomic E-state index is 0.277. The Bertz CT molecular complexity index is 659. The van der Waals surface area contributed by atoms with Crippen molar-refractivity contribution in [1.29, 1.82) is 0 Å². The zero-order chi connectivity index (χ0) is 15.9. The standard InChI is InChI=1S/C16H15FINO3/c1-2-21-15-8-12(9-19-20)7-14(18)16(15)22-10-11-3-5-13(17)6-4-11/h3-9,20H,2,10H2,1H3/b19-9+. The average molecular weight is 415 g/mol. The fraction of sp³-hybridized carbons (Fsp3) is 0.188. The van der Waals surface area contributed by atoms with Crippen LogP contribution in [0, 0.1) is 9.39 Å². The molecule has 0 atom stereocenters. The molecule has 0 aliphatic rings. The minimum Gasteiger partial charge on any atom is -0.490 e. The van der Waals surface area contributed by atoms with E-state index >= 15 is 0 Å². The second-order valence-electron chi connectivity index (χ2n) is 4.42. The summed E-state index contributed by atoms with van der Waals surface area (Å²) in [5, 5.41) is 11.7. The van der Waals surface area contributed by atoms with E-state index in [1.807, 2.05) is 13.0 Å². The second-order valence-corrected chi connectivity index (χ2v) is 5.58. The highest BCUT2D eigenvalue weighted by molar-refractivity contribution is 14.1. The van der Waals surface area contributed by atoms with Crippen molar-refractivity contribution >= 4 is 28.8 Å². The number of hydrogen-bond acceptors (Lipinski definition) is 4. The molecule has 0 spiro atoms. The minimum atomic E-state index is -0.277. The summed E-state index contributed by atoms with van der Waals surface area (Å²) in [5.41, 5.74) is 1.57. The molecule has 6 heteroatoms. The fourth-order valence-electron chi connectivity index (χ4n) is 1.87. The van der Waals surface area contributed by atoms with Crippen molar-refractivity contribution in [2.75, 3.05) is 6.61 Å². The third-order valence-electron chi connectivity index (χ3n) is 2.83. The van der Waals surface area contributed by atoms with Gasteiger partial charge in [-0.3, -0.25) is 0 Å². The van der Waals surface area contributed by atoms with Gasteiger partial charge in [0.25, 0.3) is 0 Å². The smallest absolute Gasteiger partial charge is 0.175 e. The summed E-state index contributed by atoms with van der Waals surface area (Å²) in [4.78, 5) is 0. The lowest BCUT2D eigenvalue weighted by Gasteiger charge is -2.14. The quantitative estimate of drug-likeness (QED) is 0.333. The lowest BCUT2D eigenvalue weighted by molar-refractivity contribution is 0.267. The number of rotatable bonds is 6. The average Bonchev–Trinajstić information content (AvgIpc) is 2.49. The zero-order valence-electron chi connectivity index (χ0n) is 11.9. The number of benzene rings is 2. The number of halogens is 2. The van der Waals surface area contributed by atoms with Crippen LogP contribution in [0.2, 0.25) is 0 Å². The SMILES string of the molecule is CCOc1cc(/C=N/O)cc(I)c1OCc1ccc(F)cc1. The van der Waals surface area contributed by atoms with Crippen LogP contribution in [-0.4, -0.2) is 18.0 Å². The van der Waals surface area contributed by atoms with Crippen LogP contribution in [0.5, 0.6) is 11.5 Å². The Morgan fingerprint density at radius 2 is 1.95 bits per heavy atom. The molecular weight excluding hydrogens is 400 g/mol. The van der Waals surface area contributed by atoms with Crippen LogP contribution in [0.15, 0.2) is 41.6 Å². The molecule has 0 aliphatic heterocycles. The van der Waals surface area contributed by atoms with E-state index in [-0.39, 0.29) is 5.82 Å². The van der Waals surface area contributed by atoms with Crippen LogP contribution in [0.4, 0.5) is 4.39 Å². The molecule has 0 saturated heterocycles. The van der Waals surface area contributed by atoms with E-state index in [1.165, 1.54) is 18.3 Å². The van der Waals surface area contributed by atoms with Crippen LogP contribution >= 0.6 is 22.6 Å². The highest BCUT2D eigenvalue weighted by atomic mass is 127. The van der Waals surface area contributed by atoms with Gasteiger partial charge in [0, 0.05) is 5.56 Å². The molecular formula is C16H15FINO3. The third kappa shape index (κ3) is 4.33. The first kappa shape index (κ1) is 16.5. The number of ether oxygens (including phenoxy) is 2. The molecule has 0 unspecified atom stereocenters. The Labute approximate surface area is 141 Å². The molecule has 22 heavy (non-hydrogen) atoms. The molecule has 0 amide bonds. The Hall–Kier alpha value is -1.83. The van der Waals surface area contributed by atoms with Gasteiger partial charge < -0.3 is 14.7 Å². The van der Waals surface area contributed by atoms with Gasteiger partial charge in [0.2, 0.25) is 0 Å². The molecule has 0 fully saturated rings. The van der Waals surface area contributed by atoms with E-state index in [4.69, 9.17) is 14.7 Å². The maximum absolute atomic E-state index is 12.9. The molecule has 0 radical (unpaired) electrons. The molecule has 0 aliphatic carbocycles. The van der Waals surface area contributed by atoms with Gasteiger partial charge in [0.05, 0.1) is 16.4 Å². The van der Waals surface area contributed by atoms with Gasteiger partial charge in [-0.15, -0.1) is 0 Å². The first-order valence-electron chi connectivity index (χ1n) is 6.65. The molecule has 0 bridgehead atoms. The van der Waals surface area contributed by atoms with Gasteiger partial charge in [0.1, 0.15) is 12.4 Å². The van der Waals surface area contributed by atoms with E-state index in [1.54, 1.807) is 18.2 Å². The Morgan fingerprint density at radius 1 is 1.23 bits per heavy atom. The van der Waals surface area contributed by atoms with E-state index in [0.29, 0.717) is 30.3 Å². The van der Waals surface area contributed by atoms with Gasteiger partial charge in [-0.05, 0) is 59.3 Å². The summed E-state index contributed by atoms with van der Waals surface area (Å²) in [6.07, 6.45) is 1.33. The Morgan fingerprint density at radius 3 is 2.59 bits per heavy atom. The first-order valence-corrected chi connectivity index (χ1v) is 7.73. The summed E-state index contributed by atoms with van der Waals surface area (Å²) in [7, 11) is 0. The van der Waals surface area contributed by atoms with Crippen molar-refractivity contribution < 1.29 is 19.1 Å². The van der Waals surface area contributed by atoms with E-state index in [0.717, 1.165) is 9.13 Å². The zero-order valence-corrected chi connectivity index (χ0v) is 14.1. The maximum Gasteiger partial charge on any atom is 0.175 e. The second kappa shape index (κ2) is 7.98. The molecule has 0 saturated carbocycles. The summed E-state index contributed by atoms with van der Waals surface area (Å²) in [6, 6.07) is 9.71. The normalized spacial score (nSPS) is 10.9. The molecule has 1 N–H and O–H groups in total. The molecule has 2 rings (SSSR count). The Balaban J connectivity index is 2.22. The highest BCUT2D eigenvalue weighted by Crippen LogP contribution is 2.34. The van der Waals surface area contributed by atoms with Crippen LogP contribution < -0.4 is 9.47 Å². The van der Waals surface area contributed by atoms with Crippen molar-refractivity contribution in [1.82, 2.24) is 0 Å². The maximum atomic E-state index is 12.9. The predicted octanol–water partition coefficient (Wildman–Crippen LogP) is 4.22. The molecule has 0 aromatic heterocycles. The fourth-order valence-corrected chi connectivity index (χ4v) is 2.65. The largest absolute Gasteiger partial charge is 0.490 e. The summed E-state index contributed by atoms with van der Waals surface area (Å²) >= 11 is 2.13. The van der Waals surface area contributed by atoms with Crippen LogP contribution in [0.1, 0.15) is 18.1 Å². The topological polar surface area (TPSA) is 51.0 Å². The molecule has 0 heterocycles. The molecule has 2 aromatic rings. The van der Waals surface area contributed by atoms with E-state index < -0.39 is 0 Å². The van der Waals surface area contributed by atoms with Crippen molar-refractivity contribution in [3.63, 3.8) is 0 Å². The monoisotopic (exact) mass is 415 g/mol. The summed E-state index contributed by atoms with van der Waals surface area (Å²) in [5.74, 6) is 0.911. The van der Waals surface area contributed by atoms with Crippen molar-refractivity contribution in [2.24, 2.45) is 5.16 Å². The molecule has 4 nitrogen and oxygen atoms in total. The first-order chi connectivity index (χ1) is 10.6. The van der Waals surface area contributed by atoms with Crippen molar-refractivity contribution in [2.45, 2.75) is 13.5 Å². The molecule has 116 valence electrons. The predicted molar refractivity (Wildman–Crippen MR) is 90.4 cm³/mol. The van der Waals surface area contributed by atoms with Gasteiger partial charge >= 0.3 is 0 Å². The Kier molecular flexibility index (Phi) is 6.00. The highest BCUT2D eigenvalue weighted by Gasteiger charge is 2.12. The van der Waals surface area contributed by atoms with Gasteiger partial charge in [-0.25, -0.2) is 4.39 Å². The van der Waals surface area contributed by atoms with Gasteiger partial charge in [-0.2, -0.15) is 0 Å². The van der Waals surface area contributed by atoms with Crippen LogP contribution in [0.3, 0.4) is 0 Å². The summed E-state index contributed by atoms with van der Waals surface area (Å²) in [6.45, 7) is 2.68. The van der Waals surface area contributed by atoms with Crippen molar-refractivity contribution in [3.05, 3.63) is 56.9 Å². The van der Waals surface area contributed by atoms with Crippen LogP contribution in [0.25, 0.3) is 0 Å². The summed E-state index contributed by atoms with van der Waals surface area (Å²) < 4.78 is 25.1. The third-order valence-corrected chi connectivity index (χ3v) is 3.64. The van der Waals surface area contributed by atoms with Crippen LogP contribution in [-0.2, 0) is 6.61 Å². The van der Waals surface area contributed by atoms with E-state index in [2.05, 4.69) is 27.7 Å². The van der Waals surface area contributed by atoms with E-state index in [9.17, 15) is 4.39 Å². The lowest BCUT2D eigenvalue weighted by Crippen LogP contribution is -2.02. The van der Waals surface area contributed by atoms with Gasteiger partial charge in [0.15, 0.2) is 11.5 Å². The molecule has 2 aromatic carbocycles. The van der Waals surface area contributed by atoms with Gasteiger partial charge in [-0.1, -0.05) is 17.3 Å². The van der Waals surface area contributed by atoms with Crippen molar-refractivity contribution in [3.8, 4) is 11.5 Å². The number of nitrogens with zero attached hydrogens (tertiary/aromatic N) is 1. The number of hydrogen-bond donors (Lipinski definition) is 1. The lowest BCUT2D eigenvalue weighted by atomic mass is 10.2.